The van der Waals surface area contributed by atoms with E-state index in [-0.39, 0.29) is 5.41 Å². The van der Waals surface area contributed by atoms with E-state index >= 15 is 0 Å². The highest BCUT2D eigenvalue weighted by atomic mass is 16.3. The van der Waals surface area contributed by atoms with E-state index in [0.29, 0.717) is 12.3 Å². The molecule has 1 rings (SSSR count). The third-order valence-electron chi connectivity index (χ3n) is 2.84. The number of aromatic hydroxyl groups is 1. The summed E-state index contributed by atoms with van der Waals surface area (Å²) in [4.78, 5) is 0. The molecular weight excluding hydrogens is 198 g/mol. The number of phenols is 1. The molecule has 0 bridgehead atoms. The number of nitrogens with two attached hydrogens (primary N) is 1. The van der Waals surface area contributed by atoms with Gasteiger partial charge in [0.05, 0.1) is 0 Å². The lowest BCUT2D eigenvalue weighted by Crippen LogP contribution is -2.12. The Morgan fingerprint density at radius 2 is 1.88 bits per heavy atom. The Morgan fingerprint density at radius 1 is 1.25 bits per heavy atom. The second kappa shape index (κ2) is 4.88. The molecule has 0 aliphatic rings. The Morgan fingerprint density at radius 3 is 2.38 bits per heavy atom. The number of hydrogen-bond acceptors (Lipinski definition) is 2. The smallest absolute Gasteiger partial charge is 0.122 e. The predicted molar refractivity (Wildman–Crippen MR) is 68.9 cm³/mol. The van der Waals surface area contributed by atoms with Crippen molar-refractivity contribution in [3.63, 3.8) is 0 Å². The van der Waals surface area contributed by atoms with Crippen LogP contribution >= 0.6 is 0 Å². The first kappa shape index (κ1) is 13.0. The maximum atomic E-state index is 10.1. The lowest BCUT2D eigenvalue weighted by Gasteiger charge is -2.22. The fraction of sp³-hybridized carbons (Fsp3) is 0.571. The summed E-state index contributed by atoms with van der Waals surface area (Å²) in [7, 11) is 0. The number of rotatable bonds is 3. The molecule has 0 saturated heterocycles. The second-order valence-electron chi connectivity index (χ2n) is 5.45. The van der Waals surface area contributed by atoms with Crippen molar-refractivity contribution in [3.8, 4) is 5.75 Å². The predicted octanol–water partition coefficient (Wildman–Crippen LogP) is 2.89. The van der Waals surface area contributed by atoms with Gasteiger partial charge in [0.25, 0.3) is 0 Å². The summed E-state index contributed by atoms with van der Waals surface area (Å²) in [6.45, 7) is 9.03. The molecule has 0 atom stereocenters. The fourth-order valence-electron chi connectivity index (χ4n) is 1.88. The summed E-state index contributed by atoms with van der Waals surface area (Å²) in [5, 5.41) is 10.1. The Hall–Kier alpha value is -1.02. The van der Waals surface area contributed by atoms with Gasteiger partial charge in [0.15, 0.2) is 0 Å². The fourth-order valence-corrected chi connectivity index (χ4v) is 1.88. The van der Waals surface area contributed by atoms with Crippen LogP contribution in [-0.4, -0.2) is 11.7 Å². The van der Waals surface area contributed by atoms with Gasteiger partial charge in [0.2, 0.25) is 0 Å². The Kier molecular flexibility index (Phi) is 3.98. The lowest BCUT2D eigenvalue weighted by molar-refractivity contribution is 0.442. The van der Waals surface area contributed by atoms with Crippen LogP contribution in [0.3, 0.4) is 0 Å². The van der Waals surface area contributed by atoms with Gasteiger partial charge in [-0.2, -0.15) is 0 Å². The molecule has 0 unspecified atom stereocenters. The van der Waals surface area contributed by atoms with Gasteiger partial charge in [-0.05, 0) is 48.4 Å². The van der Waals surface area contributed by atoms with Crippen LogP contribution in [0.5, 0.6) is 5.75 Å². The Bertz CT molecular complexity index is 364. The highest BCUT2D eigenvalue weighted by Crippen LogP contribution is 2.34. The van der Waals surface area contributed by atoms with Crippen LogP contribution in [0.4, 0.5) is 0 Å². The van der Waals surface area contributed by atoms with Crippen molar-refractivity contribution in [2.75, 3.05) is 6.54 Å². The van der Waals surface area contributed by atoms with Crippen LogP contribution in [-0.2, 0) is 11.8 Å². The Labute approximate surface area is 98.5 Å². The maximum absolute atomic E-state index is 10.1. The highest BCUT2D eigenvalue weighted by molar-refractivity contribution is 5.46. The van der Waals surface area contributed by atoms with Crippen molar-refractivity contribution in [3.05, 3.63) is 28.8 Å². The minimum Gasteiger partial charge on any atom is -0.507 e. The van der Waals surface area contributed by atoms with Gasteiger partial charge in [-0.3, -0.25) is 0 Å². The quantitative estimate of drug-likeness (QED) is 0.824. The monoisotopic (exact) mass is 221 g/mol. The van der Waals surface area contributed by atoms with E-state index in [1.807, 2.05) is 6.92 Å². The van der Waals surface area contributed by atoms with Crippen molar-refractivity contribution in [2.45, 2.75) is 46.0 Å². The van der Waals surface area contributed by atoms with E-state index in [1.54, 1.807) is 0 Å². The van der Waals surface area contributed by atoms with E-state index < -0.39 is 0 Å². The van der Waals surface area contributed by atoms with E-state index in [4.69, 9.17) is 5.73 Å². The minimum atomic E-state index is -0.0203. The average Bonchev–Trinajstić information content (AvgIpc) is 2.17. The van der Waals surface area contributed by atoms with E-state index in [0.717, 1.165) is 24.0 Å². The molecule has 0 amide bonds. The summed E-state index contributed by atoms with van der Waals surface area (Å²) in [5.74, 6) is 0.434. The molecule has 0 aliphatic carbocycles. The molecule has 90 valence electrons. The first-order chi connectivity index (χ1) is 7.36. The van der Waals surface area contributed by atoms with E-state index in [1.165, 1.54) is 5.56 Å². The SMILES string of the molecule is Cc1cc(CCCN)cc(C(C)(C)C)c1O. The van der Waals surface area contributed by atoms with Crippen LogP contribution in [0, 0.1) is 6.92 Å². The van der Waals surface area contributed by atoms with Crippen molar-refractivity contribution < 1.29 is 5.11 Å². The largest absolute Gasteiger partial charge is 0.507 e. The lowest BCUT2D eigenvalue weighted by atomic mass is 9.83. The van der Waals surface area contributed by atoms with Crippen LogP contribution in [0.25, 0.3) is 0 Å². The summed E-state index contributed by atoms with van der Waals surface area (Å²) >= 11 is 0. The van der Waals surface area contributed by atoms with Crippen molar-refractivity contribution >= 4 is 0 Å². The first-order valence-corrected chi connectivity index (χ1v) is 5.89. The molecule has 0 spiro atoms. The molecule has 0 radical (unpaired) electrons. The summed E-state index contributed by atoms with van der Waals surface area (Å²) in [6, 6.07) is 4.16. The zero-order valence-electron chi connectivity index (χ0n) is 10.8. The van der Waals surface area contributed by atoms with Gasteiger partial charge < -0.3 is 10.8 Å². The normalized spacial score (nSPS) is 11.8. The van der Waals surface area contributed by atoms with Crippen molar-refractivity contribution in [1.29, 1.82) is 0 Å². The molecule has 16 heavy (non-hydrogen) atoms. The molecule has 0 heterocycles. The van der Waals surface area contributed by atoms with E-state index in [2.05, 4.69) is 32.9 Å². The number of benzene rings is 1. The standard InChI is InChI=1S/C14H23NO/c1-10-8-11(6-5-7-15)9-12(13(10)16)14(2,3)4/h8-9,16H,5-7,15H2,1-4H3. The van der Waals surface area contributed by atoms with Gasteiger partial charge >= 0.3 is 0 Å². The van der Waals surface area contributed by atoms with Gasteiger partial charge in [-0.25, -0.2) is 0 Å². The van der Waals surface area contributed by atoms with Gasteiger partial charge in [0.1, 0.15) is 5.75 Å². The second-order valence-corrected chi connectivity index (χ2v) is 5.45. The van der Waals surface area contributed by atoms with Gasteiger partial charge in [0, 0.05) is 0 Å². The van der Waals surface area contributed by atoms with Crippen molar-refractivity contribution in [1.82, 2.24) is 0 Å². The highest BCUT2D eigenvalue weighted by Gasteiger charge is 2.19. The molecule has 0 fully saturated rings. The Balaban J connectivity index is 3.12. The van der Waals surface area contributed by atoms with Crippen LogP contribution < -0.4 is 5.73 Å². The van der Waals surface area contributed by atoms with E-state index in [9.17, 15) is 5.11 Å². The third kappa shape index (κ3) is 2.99. The zero-order valence-corrected chi connectivity index (χ0v) is 10.8. The summed E-state index contributed by atoms with van der Waals surface area (Å²) < 4.78 is 0. The van der Waals surface area contributed by atoms with Gasteiger partial charge in [-0.15, -0.1) is 0 Å². The van der Waals surface area contributed by atoms with Crippen LogP contribution in [0.2, 0.25) is 0 Å². The first-order valence-electron chi connectivity index (χ1n) is 5.89. The third-order valence-corrected chi connectivity index (χ3v) is 2.84. The van der Waals surface area contributed by atoms with Crippen molar-refractivity contribution in [2.24, 2.45) is 5.73 Å². The molecule has 0 aliphatic heterocycles. The molecule has 0 aromatic heterocycles. The molecule has 0 saturated carbocycles. The molecule has 2 nitrogen and oxygen atoms in total. The zero-order chi connectivity index (χ0) is 12.3. The van der Waals surface area contributed by atoms with Crippen LogP contribution in [0.1, 0.15) is 43.9 Å². The minimum absolute atomic E-state index is 0.0203. The maximum Gasteiger partial charge on any atom is 0.122 e. The molecule has 2 heteroatoms. The number of phenolic OH excluding ortho intramolecular Hbond substituents is 1. The van der Waals surface area contributed by atoms with Crippen LogP contribution in [0.15, 0.2) is 12.1 Å². The number of aryl methyl sites for hydroxylation is 2. The van der Waals surface area contributed by atoms with Gasteiger partial charge in [-0.1, -0.05) is 32.9 Å². The molecule has 1 aromatic carbocycles. The molecule has 3 N–H and O–H groups in total. The molecular formula is C14H23NO. The summed E-state index contributed by atoms with van der Waals surface area (Å²) in [6.07, 6.45) is 1.98. The molecule has 1 aromatic rings. The number of hydrogen-bond donors (Lipinski definition) is 2. The average molecular weight is 221 g/mol. The topological polar surface area (TPSA) is 46.2 Å². The summed E-state index contributed by atoms with van der Waals surface area (Å²) in [5.41, 5.74) is 8.75.